The van der Waals surface area contributed by atoms with Crippen LogP contribution >= 0.6 is 11.6 Å². The van der Waals surface area contributed by atoms with Crippen molar-refractivity contribution in [1.82, 2.24) is 9.97 Å². The Morgan fingerprint density at radius 3 is 2.19 bits per heavy atom. The summed E-state index contributed by atoms with van der Waals surface area (Å²) in [5.41, 5.74) is 2.39. The molecule has 0 aliphatic carbocycles. The first-order valence-corrected chi connectivity index (χ1v) is 13.5. The maximum atomic E-state index is 12.6. The molecule has 0 atom stereocenters. The minimum absolute atomic E-state index is 0.373. The number of aromatic nitrogens is 2. The Labute approximate surface area is 220 Å². The molecule has 3 aromatic rings. The fourth-order valence-corrected chi connectivity index (χ4v) is 4.09. The van der Waals surface area contributed by atoms with E-state index in [0.717, 1.165) is 36.8 Å². The van der Waals surface area contributed by atoms with Gasteiger partial charge in [-0.15, -0.1) is 0 Å². The molecular formula is C30H37ClN2O3. The number of hydrogen-bond acceptors (Lipinski definition) is 5. The van der Waals surface area contributed by atoms with E-state index in [1.54, 1.807) is 30.3 Å². The average molecular weight is 509 g/mol. The number of ether oxygens (including phenoxy) is 2. The Morgan fingerprint density at radius 1 is 0.833 bits per heavy atom. The molecule has 0 bridgehead atoms. The summed E-state index contributed by atoms with van der Waals surface area (Å²) in [6.07, 6.45) is 15.5. The zero-order valence-electron chi connectivity index (χ0n) is 21.5. The molecule has 0 N–H and O–H groups in total. The molecule has 192 valence electrons. The molecule has 0 spiro atoms. The third-order valence-electron chi connectivity index (χ3n) is 6.02. The molecule has 6 heteroatoms. The van der Waals surface area contributed by atoms with Gasteiger partial charge in [-0.2, -0.15) is 0 Å². The maximum absolute atomic E-state index is 12.6. The molecule has 0 radical (unpaired) electrons. The second kappa shape index (κ2) is 15.2. The van der Waals surface area contributed by atoms with Gasteiger partial charge in [0.15, 0.2) is 5.82 Å². The van der Waals surface area contributed by atoms with Crippen molar-refractivity contribution < 1.29 is 14.3 Å². The quantitative estimate of drug-likeness (QED) is 0.117. The third kappa shape index (κ3) is 8.94. The van der Waals surface area contributed by atoms with E-state index in [1.165, 1.54) is 38.5 Å². The lowest BCUT2D eigenvalue weighted by Gasteiger charge is -2.10. The number of esters is 1. The van der Waals surface area contributed by atoms with Gasteiger partial charge in [-0.25, -0.2) is 14.8 Å². The molecule has 0 aliphatic heterocycles. The Balaban J connectivity index is 1.49. The van der Waals surface area contributed by atoms with Gasteiger partial charge in [0, 0.05) is 18.0 Å². The SMILES string of the molecule is CCCCCCCCOc1ccc(C(=O)Oc2ccc(-c3ncc(CCCCC)cn3)cc2)cc1Cl. The van der Waals surface area contributed by atoms with E-state index in [0.29, 0.717) is 34.5 Å². The average Bonchev–Trinajstić information content (AvgIpc) is 2.90. The fourth-order valence-electron chi connectivity index (χ4n) is 3.86. The number of carbonyl (C=O) groups excluding carboxylic acids is 1. The van der Waals surface area contributed by atoms with Crippen molar-refractivity contribution in [1.29, 1.82) is 0 Å². The summed E-state index contributed by atoms with van der Waals surface area (Å²) in [6, 6.07) is 12.2. The van der Waals surface area contributed by atoms with Crippen molar-refractivity contribution in [3.63, 3.8) is 0 Å². The van der Waals surface area contributed by atoms with Crippen LogP contribution in [0.1, 0.15) is 87.6 Å². The topological polar surface area (TPSA) is 61.3 Å². The molecule has 36 heavy (non-hydrogen) atoms. The van der Waals surface area contributed by atoms with Gasteiger partial charge in [0.2, 0.25) is 0 Å². The molecule has 0 aliphatic rings. The number of benzene rings is 2. The summed E-state index contributed by atoms with van der Waals surface area (Å²) in [6.45, 7) is 5.03. The Morgan fingerprint density at radius 2 is 1.50 bits per heavy atom. The van der Waals surface area contributed by atoms with Crippen LogP contribution in [0.5, 0.6) is 11.5 Å². The van der Waals surface area contributed by atoms with Crippen LogP contribution in [0.3, 0.4) is 0 Å². The first-order chi connectivity index (χ1) is 17.6. The number of rotatable bonds is 15. The second-order valence-electron chi connectivity index (χ2n) is 9.05. The highest BCUT2D eigenvalue weighted by molar-refractivity contribution is 6.32. The molecule has 0 fully saturated rings. The lowest BCUT2D eigenvalue weighted by molar-refractivity contribution is 0.0734. The van der Waals surface area contributed by atoms with Gasteiger partial charge in [-0.05, 0) is 67.3 Å². The van der Waals surface area contributed by atoms with Crippen molar-refractivity contribution in [2.24, 2.45) is 0 Å². The van der Waals surface area contributed by atoms with Crippen LogP contribution in [0.2, 0.25) is 5.02 Å². The van der Waals surface area contributed by atoms with E-state index in [9.17, 15) is 4.79 Å². The molecule has 3 rings (SSSR count). The van der Waals surface area contributed by atoms with E-state index >= 15 is 0 Å². The first kappa shape index (κ1) is 27.7. The summed E-state index contributed by atoms with van der Waals surface area (Å²) in [5.74, 6) is 1.21. The van der Waals surface area contributed by atoms with E-state index < -0.39 is 5.97 Å². The standard InChI is InChI=1S/C30H37ClN2O3/c1-3-5-7-8-9-11-19-35-28-18-15-25(20-27(28)31)30(34)36-26-16-13-24(14-17-26)29-32-21-23(22-33-29)12-10-6-4-2/h13-18,20-22H,3-12,19H2,1-2H3. The predicted octanol–water partition coefficient (Wildman–Crippen LogP) is 8.49. The summed E-state index contributed by atoms with van der Waals surface area (Å²) < 4.78 is 11.3. The third-order valence-corrected chi connectivity index (χ3v) is 6.32. The fraction of sp³-hybridized carbons (Fsp3) is 0.433. The summed E-state index contributed by atoms with van der Waals surface area (Å²) in [4.78, 5) is 21.6. The summed E-state index contributed by atoms with van der Waals surface area (Å²) in [5, 5.41) is 0.404. The zero-order valence-corrected chi connectivity index (χ0v) is 22.2. The lowest BCUT2D eigenvalue weighted by Crippen LogP contribution is -2.08. The van der Waals surface area contributed by atoms with Crippen molar-refractivity contribution in [3.8, 4) is 22.9 Å². The van der Waals surface area contributed by atoms with Crippen molar-refractivity contribution in [2.45, 2.75) is 78.1 Å². The number of halogens is 1. The molecular weight excluding hydrogens is 472 g/mol. The number of aryl methyl sites for hydroxylation is 1. The second-order valence-corrected chi connectivity index (χ2v) is 9.45. The molecule has 0 amide bonds. The Kier molecular flexibility index (Phi) is 11.7. The Bertz CT molecular complexity index is 1070. The van der Waals surface area contributed by atoms with E-state index in [1.807, 2.05) is 24.5 Å². The van der Waals surface area contributed by atoms with Crippen LogP contribution in [0.4, 0.5) is 0 Å². The van der Waals surface area contributed by atoms with E-state index in [-0.39, 0.29) is 0 Å². The van der Waals surface area contributed by atoms with Gasteiger partial charge < -0.3 is 9.47 Å². The summed E-state index contributed by atoms with van der Waals surface area (Å²) >= 11 is 6.35. The van der Waals surface area contributed by atoms with Crippen molar-refractivity contribution in [2.75, 3.05) is 6.61 Å². The molecule has 0 saturated heterocycles. The van der Waals surface area contributed by atoms with Gasteiger partial charge in [0.25, 0.3) is 0 Å². The monoisotopic (exact) mass is 508 g/mol. The minimum Gasteiger partial charge on any atom is -0.492 e. The molecule has 1 aromatic heterocycles. The largest absolute Gasteiger partial charge is 0.492 e. The summed E-state index contributed by atoms with van der Waals surface area (Å²) in [7, 11) is 0. The normalized spacial score (nSPS) is 10.9. The molecule has 5 nitrogen and oxygen atoms in total. The molecule has 0 unspecified atom stereocenters. The van der Waals surface area contributed by atoms with Gasteiger partial charge in [0.05, 0.1) is 17.2 Å². The van der Waals surface area contributed by atoms with Crippen molar-refractivity contribution in [3.05, 3.63) is 71.0 Å². The highest BCUT2D eigenvalue weighted by atomic mass is 35.5. The number of nitrogens with zero attached hydrogens (tertiary/aromatic N) is 2. The number of hydrogen-bond donors (Lipinski definition) is 0. The molecule has 1 heterocycles. The van der Waals surface area contributed by atoms with Crippen LogP contribution in [-0.2, 0) is 6.42 Å². The minimum atomic E-state index is -0.472. The zero-order chi connectivity index (χ0) is 25.6. The van der Waals surface area contributed by atoms with E-state index in [2.05, 4.69) is 23.8 Å². The van der Waals surface area contributed by atoms with Gasteiger partial charge >= 0.3 is 5.97 Å². The lowest BCUT2D eigenvalue weighted by atomic mass is 10.1. The highest BCUT2D eigenvalue weighted by Gasteiger charge is 2.12. The number of carbonyl (C=O) groups is 1. The smallest absolute Gasteiger partial charge is 0.343 e. The van der Waals surface area contributed by atoms with Gasteiger partial charge in [0.1, 0.15) is 11.5 Å². The Hall–Kier alpha value is -2.92. The van der Waals surface area contributed by atoms with Crippen molar-refractivity contribution >= 4 is 17.6 Å². The van der Waals surface area contributed by atoms with Crippen LogP contribution in [-0.4, -0.2) is 22.5 Å². The predicted molar refractivity (Wildman–Crippen MR) is 146 cm³/mol. The molecule has 2 aromatic carbocycles. The van der Waals surface area contributed by atoms with Gasteiger partial charge in [-0.1, -0.05) is 70.4 Å². The highest BCUT2D eigenvalue weighted by Crippen LogP contribution is 2.27. The number of unbranched alkanes of at least 4 members (excludes halogenated alkanes) is 7. The van der Waals surface area contributed by atoms with Crippen LogP contribution in [0, 0.1) is 0 Å². The molecule has 0 saturated carbocycles. The van der Waals surface area contributed by atoms with Crippen LogP contribution in [0.15, 0.2) is 54.9 Å². The van der Waals surface area contributed by atoms with E-state index in [4.69, 9.17) is 21.1 Å². The van der Waals surface area contributed by atoms with Gasteiger partial charge in [-0.3, -0.25) is 0 Å². The van der Waals surface area contributed by atoms with Crippen LogP contribution < -0.4 is 9.47 Å². The van der Waals surface area contributed by atoms with Crippen LogP contribution in [0.25, 0.3) is 11.4 Å². The maximum Gasteiger partial charge on any atom is 0.343 e. The first-order valence-electron chi connectivity index (χ1n) is 13.2.